The number of unbranched alkanes of at least 4 members (excludes halogenated alkanes) is 1. The Bertz CT molecular complexity index is 599. The minimum atomic E-state index is -0.328. The Hall–Kier alpha value is -1.69. The SMILES string of the molecule is CCCCNC(=O)CN(C)c1nc2c(F)cccc2s1. The van der Waals surface area contributed by atoms with E-state index in [0.29, 0.717) is 17.2 Å². The van der Waals surface area contributed by atoms with Gasteiger partial charge < -0.3 is 10.2 Å². The first-order valence-corrected chi connectivity index (χ1v) is 7.46. The lowest BCUT2D eigenvalue weighted by atomic mass is 10.3. The van der Waals surface area contributed by atoms with Crippen molar-refractivity contribution in [3.8, 4) is 0 Å². The van der Waals surface area contributed by atoms with E-state index in [1.54, 1.807) is 18.0 Å². The normalized spacial score (nSPS) is 10.8. The summed E-state index contributed by atoms with van der Waals surface area (Å²) in [7, 11) is 1.79. The van der Waals surface area contributed by atoms with Gasteiger partial charge >= 0.3 is 0 Å². The molecular weight excluding hydrogens is 277 g/mol. The van der Waals surface area contributed by atoms with Crippen molar-refractivity contribution in [2.24, 2.45) is 0 Å². The summed E-state index contributed by atoms with van der Waals surface area (Å²) in [4.78, 5) is 17.7. The summed E-state index contributed by atoms with van der Waals surface area (Å²) in [6.45, 7) is 3.00. The van der Waals surface area contributed by atoms with Gasteiger partial charge in [0.1, 0.15) is 11.3 Å². The number of likely N-dealkylation sites (N-methyl/N-ethyl adjacent to an activating group) is 1. The molecule has 6 heteroatoms. The van der Waals surface area contributed by atoms with Gasteiger partial charge in [0.15, 0.2) is 5.13 Å². The standard InChI is InChI=1S/C14H18FN3OS/c1-3-4-8-16-12(19)9-18(2)14-17-13-10(15)6-5-7-11(13)20-14/h5-7H,3-4,8-9H2,1-2H3,(H,16,19). The Morgan fingerprint density at radius 1 is 1.50 bits per heavy atom. The van der Waals surface area contributed by atoms with Crippen molar-refractivity contribution in [1.82, 2.24) is 10.3 Å². The molecule has 0 unspecified atom stereocenters. The average Bonchev–Trinajstić information content (AvgIpc) is 2.84. The topological polar surface area (TPSA) is 45.2 Å². The zero-order chi connectivity index (χ0) is 14.5. The first kappa shape index (κ1) is 14.7. The van der Waals surface area contributed by atoms with Crippen LogP contribution in [0.15, 0.2) is 18.2 Å². The van der Waals surface area contributed by atoms with Crippen molar-refractivity contribution >= 4 is 32.6 Å². The van der Waals surface area contributed by atoms with E-state index in [1.807, 2.05) is 6.07 Å². The van der Waals surface area contributed by atoms with E-state index < -0.39 is 0 Å². The van der Waals surface area contributed by atoms with Crippen LogP contribution >= 0.6 is 11.3 Å². The van der Waals surface area contributed by atoms with Crippen LogP contribution in [0.3, 0.4) is 0 Å². The van der Waals surface area contributed by atoms with Crippen LogP contribution in [0.2, 0.25) is 0 Å². The summed E-state index contributed by atoms with van der Waals surface area (Å²) < 4.78 is 14.4. The number of hydrogen-bond acceptors (Lipinski definition) is 4. The number of nitrogens with zero attached hydrogens (tertiary/aromatic N) is 2. The van der Waals surface area contributed by atoms with Crippen molar-refractivity contribution in [3.05, 3.63) is 24.0 Å². The number of hydrogen-bond donors (Lipinski definition) is 1. The number of anilines is 1. The van der Waals surface area contributed by atoms with Gasteiger partial charge in [0.05, 0.1) is 11.2 Å². The van der Waals surface area contributed by atoms with Crippen LogP contribution in [-0.4, -0.2) is 31.0 Å². The van der Waals surface area contributed by atoms with E-state index >= 15 is 0 Å². The highest BCUT2D eigenvalue weighted by molar-refractivity contribution is 7.22. The third-order valence-electron chi connectivity index (χ3n) is 2.92. The monoisotopic (exact) mass is 295 g/mol. The summed E-state index contributed by atoms with van der Waals surface area (Å²) in [5, 5.41) is 3.50. The highest BCUT2D eigenvalue weighted by atomic mass is 32.1. The van der Waals surface area contributed by atoms with Crippen LogP contribution in [-0.2, 0) is 4.79 Å². The summed E-state index contributed by atoms with van der Waals surface area (Å²) in [6, 6.07) is 4.88. The van der Waals surface area contributed by atoms with E-state index in [0.717, 1.165) is 17.5 Å². The number of thiazole rings is 1. The maximum absolute atomic E-state index is 13.6. The molecule has 0 aliphatic carbocycles. The quantitative estimate of drug-likeness (QED) is 0.834. The fourth-order valence-corrected chi connectivity index (χ4v) is 2.75. The molecule has 0 aliphatic heterocycles. The van der Waals surface area contributed by atoms with Crippen molar-refractivity contribution in [3.63, 3.8) is 0 Å². The molecule has 2 rings (SSSR count). The van der Waals surface area contributed by atoms with Crippen LogP contribution < -0.4 is 10.2 Å². The first-order chi connectivity index (χ1) is 9.61. The maximum atomic E-state index is 13.6. The van der Waals surface area contributed by atoms with Crippen LogP contribution in [0, 0.1) is 5.82 Å². The zero-order valence-corrected chi connectivity index (χ0v) is 12.5. The molecule has 0 radical (unpaired) electrons. The first-order valence-electron chi connectivity index (χ1n) is 6.64. The Balaban J connectivity index is 2.02. The van der Waals surface area contributed by atoms with E-state index in [1.165, 1.54) is 17.4 Å². The Kier molecular flexibility index (Phi) is 4.89. The number of rotatable bonds is 6. The molecule has 108 valence electrons. The number of carbonyl (C=O) groups excluding carboxylic acids is 1. The van der Waals surface area contributed by atoms with E-state index in [4.69, 9.17) is 0 Å². The molecule has 0 bridgehead atoms. The van der Waals surface area contributed by atoms with Crippen molar-refractivity contribution in [2.45, 2.75) is 19.8 Å². The summed E-state index contributed by atoms with van der Waals surface area (Å²) in [5.41, 5.74) is 0.366. The number of benzene rings is 1. The Labute approximate surface area is 121 Å². The summed E-state index contributed by atoms with van der Waals surface area (Å²) >= 11 is 1.38. The fourth-order valence-electron chi connectivity index (χ4n) is 1.81. The Morgan fingerprint density at radius 2 is 2.30 bits per heavy atom. The maximum Gasteiger partial charge on any atom is 0.239 e. The van der Waals surface area contributed by atoms with E-state index in [9.17, 15) is 9.18 Å². The molecule has 1 amide bonds. The molecule has 0 atom stereocenters. The number of halogens is 1. The second-order valence-electron chi connectivity index (χ2n) is 4.64. The molecular formula is C14H18FN3OS. The van der Waals surface area contributed by atoms with Crippen molar-refractivity contribution in [1.29, 1.82) is 0 Å². The molecule has 20 heavy (non-hydrogen) atoms. The molecule has 0 aliphatic rings. The summed E-state index contributed by atoms with van der Waals surface area (Å²) in [5.74, 6) is -0.369. The smallest absolute Gasteiger partial charge is 0.239 e. The van der Waals surface area contributed by atoms with Crippen LogP contribution in [0.25, 0.3) is 10.2 Å². The van der Waals surface area contributed by atoms with Gasteiger partial charge in [0, 0.05) is 13.6 Å². The van der Waals surface area contributed by atoms with Gasteiger partial charge in [-0.15, -0.1) is 0 Å². The molecule has 2 aromatic rings. The van der Waals surface area contributed by atoms with Crippen LogP contribution in [0.5, 0.6) is 0 Å². The minimum absolute atomic E-state index is 0.0410. The molecule has 1 heterocycles. The predicted octanol–water partition coefficient (Wildman–Crippen LogP) is 2.79. The number of fused-ring (bicyclic) bond motifs is 1. The van der Waals surface area contributed by atoms with Gasteiger partial charge in [0.2, 0.25) is 5.91 Å². The number of nitrogens with one attached hydrogen (secondary N) is 1. The lowest BCUT2D eigenvalue weighted by molar-refractivity contribution is -0.119. The van der Waals surface area contributed by atoms with Gasteiger partial charge in [-0.3, -0.25) is 4.79 Å². The van der Waals surface area contributed by atoms with Gasteiger partial charge in [-0.1, -0.05) is 30.7 Å². The minimum Gasteiger partial charge on any atom is -0.355 e. The second-order valence-corrected chi connectivity index (χ2v) is 5.65. The van der Waals surface area contributed by atoms with E-state index in [-0.39, 0.29) is 18.3 Å². The number of carbonyl (C=O) groups is 1. The zero-order valence-electron chi connectivity index (χ0n) is 11.6. The van der Waals surface area contributed by atoms with Crippen molar-refractivity contribution < 1.29 is 9.18 Å². The number of amides is 1. The predicted molar refractivity (Wildman–Crippen MR) is 80.8 cm³/mol. The lowest BCUT2D eigenvalue weighted by Crippen LogP contribution is -2.35. The molecule has 0 fully saturated rings. The average molecular weight is 295 g/mol. The van der Waals surface area contributed by atoms with E-state index in [2.05, 4.69) is 17.2 Å². The molecule has 1 aromatic heterocycles. The molecule has 0 saturated heterocycles. The summed E-state index contributed by atoms with van der Waals surface area (Å²) in [6.07, 6.45) is 2.02. The van der Waals surface area contributed by atoms with Crippen molar-refractivity contribution in [2.75, 3.05) is 25.0 Å². The largest absolute Gasteiger partial charge is 0.355 e. The molecule has 1 N–H and O–H groups in total. The number of para-hydroxylation sites is 1. The molecule has 1 aromatic carbocycles. The third kappa shape index (κ3) is 3.45. The van der Waals surface area contributed by atoms with Gasteiger partial charge in [0.25, 0.3) is 0 Å². The highest BCUT2D eigenvalue weighted by Gasteiger charge is 2.13. The molecule has 0 saturated carbocycles. The Morgan fingerprint density at radius 3 is 3.00 bits per heavy atom. The highest BCUT2D eigenvalue weighted by Crippen LogP contribution is 2.29. The lowest BCUT2D eigenvalue weighted by Gasteiger charge is -2.14. The molecule has 0 spiro atoms. The van der Waals surface area contributed by atoms with Gasteiger partial charge in [-0.25, -0.2) is 9.37 Å². The fraction of sp³-hybridized carbons (Fsp3) is 0.429. The number of aromatic nitrogens is 1. The third-order valence-corrected chi connectivity index (χ3v) is 4.05. The molecule has 4 nitrogen and oxygen atoms in total. The second kappa shape index (κ2) is 6.65. The van der Waals surface area contributed by atoms with Crippen LogP contribution in [0.4, 0.5) is 9.52 Å². The van der Waals surface area contributed by atoms with Crippen LogP contribution in [0.1, 0.15) is 19.8 Å². The van der Waals surface area contributed by atoms with Gasteiger partial charge in [-0.05, 0) is 18.6 Å². The van der Waals surface area contributed by atoms with Gasteiger partial charge in [-0.2, -0.15) is 0 Å².